The summed E-state index contributed by atoms with van der Waals surface area (Å²) in [6.45, 7) is 6.34. The van der Waals surface area contributed by atoms with Crippen LogP contribution in [0.25, 0.3) is 0 Å². The molecule has 1 aromatic rings. The van der Waals surface area contributed by atoms with E-state index in [1.807, 2.05) is 20.8 Å². The van der Waals surface area contributed by atoms with Gasteiger partial charge in [0.25, 0.3) is 10.0 Å². The summed E-state index contributed by atoms with van der Waals surface area (Å²) in [6.07, 6.45) is 0.288. The van der Waals surface area contributed by atoms with Gasteiger partial charge < -0.3 is 0 Å². The van der Waals surface area contributed by atoms with Gasteiger partial charge in [0.15, 0.2) is 0 Å². The van der Waals surface area contributed by atoms with E-state index in [2.05, 4.69) is 15.9 Å². The Morgan fingerprint density at radius 2 is 1.95 bits per heavy atom. The van der Waals surface area contributed by atoms with Gasteiger partial charge in [0.1, 0.15) is 0 Å². The van der Waals surface area contributed by atoms with Crippen LogP contribution in [0.3, 0.4) is 0 Å². The van der Waals surface area contributed by atoms with E-state index in [4.69, 9.17) is 0 Å². The maximum absolute atomic E-state index is 12.6. The van der Waals surface area contributed by atoms with Gasteiger partial charge in [-0.3, -0.25) is 4.79 Å². The molecule has 0 spiro atoms. The second kappa shape index (κ2) is 5.15. The summed E-state index contributed by atoms with van der Waals surface area (Å²) in [5, 5.41) is 0. The highest BCUT2D eigenvalue weighted by molar-refractivity contribution is 9.10. The van der Waals surface area contributed by atoms with Crippen LogP contribution in [-0.2, 0) is 14.8 Å². The Kier molecular flexibility index (Phi) is 3.99. The zero-order valence-electron chi connectivity index (χ0n) is 11.8. The highest BCUT2D eigenvalue weighted by atomic mass is 79.9. The Morgan fingerprint density at radius 3 is 2.45 bits per heavy atom. The van der Waals surface area contributed by atoms with Crippen molar-refractivity contribution in [1.29, 1.82) is 0 Å². The largest absolute Gasteiger partial charge is 0.274 e. The van der Waals surface area contributed by atoms with Crippen LogP contribution in [-0.4, -0.2) is 25.2 Å². The third kappa shape index (κ3) is 2.91. The highest BCUT2D eigenvalue weighted by Crippen LogP contribution is 2.36. The predicted octanol–water partition coefficient (Wildman–Crippen LogP) is 3.03. The van der Waals surface area contributed by atoms with Crippen LogP contribution in [0.2, 0.25) is 0 Å². The summed E-state index contributed by atoms with van der Waals surface area (Å²) < 4.78 is 26.8. The molecular formula is C14H18BrNO3S. The van der Waals surface area contributed by atoms with E-state index in [1.54, 1.807) is 12.1 Å². The van der Waals surface area contributed by atoms with E-state index >= 15 is 0 Å². The molecule has 1 saturated heterocycles. The second-order valence-corrected chi connectivity index (χ2v) is 8.93. The van der Waals surface area contributed by atoms with Crippen molar-refractivity contribution < 1.29 is 13.2 Å². The molecule has 0 aliphatic carbocycles. The molecule has 1 aliphatic heterocycles. The quantitative estimate of drug-likeness (QED) is 0.815. The van der Waals surface area contributed by atoms with Crippen molar-refractivity contribution in [3.63, 3.8) is 0 Å². The molecule has 1 heterocycles. The number of halogens is 1. The number of nitrogens with zero attached hydrogens (tertiary/aromatic N) is 1. The summed E-state index contributed by atoms with van der Waals surface area (Å²) in [7, 11) is -3.75. The van der Waals surface area contributed by atoms with Gasteiger partial charge in [0.05, 0.1) is 4.90 Å². The minimum atomic E-state index is -3.75. The summed E-state index contributed by atoms with van der Waals surface area (Å²) in [5.41, 5.74) is -0.0861. The molecule has 0 radical (unpaired) electrons. The Hall–Kier alpha value is -0.880. The molecule has 1 amide bonds. The number of rotatable bonds is 2. The van der Waals surface area contributed by atoms with Crippen LogP contribution in [0.5, 0.6) is 0 Å². The fourth-order valence-electron chi connectivity index (χ4n) is 2.25. The van der Waals surface area contributed by atoms with Gasteiger partial charge in [-0.25, -0.2) is 12.7 Å². The lowest BCUT2D eigenvalue weighted by Crippen LogP contribution is -2.33. The fraction of sp³-hybridized carbons (Fsp3) is 0.500. The van der Waals surface area contributed by atoms with E-state index < -0.39 is 10.0 Å². The third-order valence-electron chi connectivity index (χ3n) is 3.69. The minimum Gasteiger partial charge on any atom is -0.274 e. The van der Waals surface area contributed by atoms with Crippen molar-refractivity contribution in [2.75, 3.05) is 6.54 Å². The standard InChI is InChI=1S/C14H18BrNO3S/c1-14(2,3)10-7-13(17)16(9-10)20(18,19)12-6-4-5-11(15)8-12/h4-6,8,10H,7,9H2,1-3H3. The van der Waals surface area contributed by atoms with Gasteiger partial charge in [0.2, 0.25) is 5.91 Å². The van der Waals surface area contributed by atoms with Crippen LogP contribution in [0.1, 0.15) is 27.2 Å². The molecule has 1 fully saturated rings. The van der Waals surface area contributed by atoms with Crippen LogP contribution in [0.4, 0.5) is 0 Å². The molecule has 1 aliphatic rings. The minimum absolute atomic E-state index is 0.0527. The van der Waals surface area contributed by atoms with Crippen LogP contribution in [0.15, 0.2) is 33.6 Å². The Bertz CT molecular complexity index is 634. The molecule has 20 heavy (non-hydrogen) atoms. The first-order valence-corrected chi connectivity index (χ1v) is 8.67. The van der Waals surface area contributed by atoms with E-state index in [0.29, 0.717) is 4.47 Å². The lowest BCUT2D eigenvalue weighted by molar-refractivity contribution is -0.123. The maximum Gasteiger partial charge on any atom is 0.266 e. The van der Waals surface area contributed by atoms with Gasteiger partial charge in [-0.15, -0.1) is 0 Å². The van der Waals surface area contributed by atoms with E-state index in [9.17, 15) is 13.2 Å². The number of hydrogen-bond acceptors (Lipinski definition) is 3. The van der Waals surface area contributed by atoms with Crippen molar-refractivity contribution >= 4 is 31.9 Å². The predicted molar refractivity (Wildman–Crippen MR) is 80.6 cm³/mol. The number of carbonyl (C=O) groups excluding carboxylic acids is 1. The number of sulfonamides is 1. The normalized spacial score (nSPS) is 20.5. The first-order chi connectivity index (χ1) is 9.12. The molecule has 0 N–H and O–H groups in total. The Labute approximate surface area is 128 Å². The number of hydrogen-bond donors (Lipinski definition) is 0. The molecule has 2 rings (SSSR count). The third-order valence-corrected chi connectivity index (χ3v) is 5.97. The van der Waals surface area contributed by atoms with Crippen LogP contribution < -0.4 is 0 Å². The van der Waals surface area contributed by atoms with Crippen molar-refractivity contribution in [2.24, 2.45) is 11.3 Å². The van der Waals surface area contributed by atoms with Crippen LogP contribution >= 0.6 is 15.9 Å². The van der Waals surface area contributed by atoms with E-state index in [-0.39, 0.29) is 35.1 Å². The highest BCUT2D eigenvalue weighted by Gasteiger charge is 2.42. The molecule has 4 nitrogen and oxygen atoms in total. The SMILES string of the molecule is CC(C)(C)C1CC(=O)N(S(=O)(=O)c2cccc(Br)c2)C1. The average Bonchev–Trinajstić information content (AvgIpc) is 2.72. The molecule has 1 unspecified atom stereocenters. The number of carbonyl (C=O) groups is 1. The van der Waals surface area contributed by atoms with E-state index in [0.717, 1.165) is 4.31 Å². The smallest absolute Gasteiger partial charge is 0.266 e. The Morgan fingerprint density at radius 1 is 1.30 bits per heavy atom. The summed E-state index contributed by atoms with van der Waals surface area (Å²) in [5.74, 6) is -0.262. The monoisotopic (exact) mass is 359 g/mol. The fourth-order valence-corrected chi connectivity index (χ4v) is 4.30. The zero-order chi connectivity index (χ0) is 15.1. The van der Waals surface area contributed by atoms with E-state index in [1.165, 1.54) is 12.1 Å². The molecule has 110 valence electrons. The van der Waals surface area contributed by atoms with Crippen LogP contribution in [0, 0.1) is 11.3 Å². The van der Waals surface area contributed by atoms with Crippen molar-refractivity contribution in [1.82, 2.24) is 4.31 Å². The topological polar surface area (TPSA) is 54.5 Å². The average molecular weight is 360 g/mol. The lowest BCUT2D eigenvalue weighted by Gasteiger charge is -2.26. The number of benzene rings is 1. The molecule has 1 atom stereocenters. The van der Waals surface area contributed by atoms with Crippen molar-refractivity contribution in [3.05, 3.63) is 28.7 Å². The molecule has 6 heteroatoms. The van der Waals surface area contributed by atoms with Gasteiger partial charge >= 0.3 is 0 Å². The Balaban J connectivity index is 2.34. The molecule has 0 bridgehead atoms. The summed E-state index contributed by atoms with van der Waals surface area (Å²) in [6, 6.07) is 6.44. The lowest BCUT2D eigenvalue weighted by atomic mass is 9.80. The van der Waals surface area contributed by atoms with Gasteiger partial charge in [-0.05, 0) is 29.5 Å². The molecular weight excluding hydrogens is 342 g/mol. The van der Waals surface area contributed by atoms with Gasteiger partial charge in [-0.1, -0.05) is 42.8 Å². The molecule has 0 saturated carbocycles. The summed E-state index contributed by atoms with van der Waals surface area (Å²) in [4.78, 5) is 12.2. The van der Waals surface area contributed by atoms with Crippen molar-refractivity contribution in [2.45, 2.75) is 32.1 Å². The second-order valence-electron chi connectivity index (χ2n) is 6.15. The molecule has 1 aromatic carbocycles. The summed E-state index contributed by atoms with van der Waals surface area (Å²) >= 11 is 3.25. The first kappa shape index (κ1) is 15.5. The van der Waals surface area contributed by atoms with Gasteiger partial charge in [-0.2, -0.15) is 0 Å². The van der Waals surface area contributed by atoms with Gasteiger partial charge in [0, 0.05) is 17.4 Å². The maximum atomic E-state index is 12.6. The van der Waals surface area contributed by atoms with Crippen molar-refractivity contribution in [3.8, 4) is 0 Å². The zero-order valence-corrected chi connectivity index (χ0v) is 14.2. The number of amides is 1. The first-order valence-electron chi connectivity index (χ1n) is 6.43. The molecule has 0 aromatic heterocycles.